The van der Waals surface area contributed by atoms with Crippen LogP contribution in [0.1, 0.15) is 24.1 Å². The topological polar surface area (TPSA) is 54.5 Å². The number of ether oxygens (including phenoxy) is 1. The summed E-state index contributed by atoms with van der Waals surface area (Å²) in [6, 6.07) is 11.5. The number of benzene rings is 1. The summed E-state index contributed by atoms with van der Waals surface area (Å²) in [5.41, 5.74) is 2.81. The number of amides is 1. The molecule has 1 atom stereocenters. The first-order chi connectivity index (χ1) is 11.7. The standard InChI is InChI=1S/C19H23N3O2/c1-14-8-9-18(24-2)16(12-14)21-19(23)17-7-5-11-22(17)13-15-6-3-4-10-20-15/h3-4,6,8-10,12,17H,5,7,11,13H2,1-2H3,(H,21,23)/t17-/m1/s1. The summed E-state index contributed by atoms with van der Waals surface area (Å²) >= 11 is 0. The fourth-order valence-corrected chi connectivity index (χ4v) is 3.15. The number of nitrogens with one attached hydrogen (secondary N) is 1. The fraction of sp³-hybridized carbons (Fsp3) is 0.368. The Morgan fingerprint density at radius 3 is 3.00 bits per heavy atom. The molecule has 0 radical (unpaired) electrons. The number of rotatable bonds is 5. The largest absolute Gasteiger partial charge is 0.495 e. The third-order valence-corrected chi connectivity index (χ3v) is 4.37. The second-order valence-corrected chi connectivity index (χ2v) is 6.14. The summed E-state index contributed by atoms with van der Waals surface area (Å²) in [5.74, 6) is 0.704. The van der Waals surface area contributed by atoms with Crippen LogP contribution in [0, 0.1) is 6.92 Å². The van der Waals surface area contributed by atoms with Gasteiger partial charge in [0.05, 0.1) is 24.5 Å². The maximum Gasteiger partial charge on any atom is 0.241 e. The molecule has 1 amide bonds. The minimum Gasteiger partial charge on any atom is -0.495 e. The Hall–Kier alpha value is -2.40. The van der Waals surface area contributed by atoms with Gasteiger partial charge in [-0.2, -0.15) is 0 Å². The van der Waals surface area contributed by atoms with Crippen molar-refractivity contribution in [2.45, 2.75) is 32.4 Å². The number of aryl methyl sites for hydroxylation is 1. The van der Waals surface area contributed by atoms with Gasteiger partial charge in [0, 0.05) is 12.7 Å². The minimum absolute atomic E-state index is 0.0207. The Kier molecular flexibility index (Phi) is 5.11. The normalized spacial score (nSPS) is 17.7. The van der Waals surface area contributed by atoms with Crippen LogP contribution < -0.4 is 10.1 Å². The van der Waals surface area contributed by atoms with Crippen LogP contribution >= 0.6 is 0 Å². The van der Waals surface area contributed by atoms with E-state index < -0.39 is 0 Å². The highest BCUT2D eigenvalue weighted by Gasteiger charge is 2.31. The Balaban J connectivity index is 1.71. The lowest BCUT2D eigenvalue weighted by Gasteiger charge is -2.23. The van der Waals surface area contributed by atoms with E-state index in [0.29, 0.717) is 12.3 Å². The lowest BCUT2D eigenvalue weighted by Crippen LogP contribution is -2.39. The SMILES string of the molecule is COc1ccc(C)cc1NC(=O)[C@H]1CCCN1Cc1ccccn1. The summed E-state index contributed by atoms with van der Waals surface area (Å²) in [4.78, 5) is 19.3. The van der Waals surface area contributed by atoms with Crippen molar-refractivity contribution in [3.05, 3.63) is 53.9 Å². The zero-order chi connectivity index (χ0) is 16.9. The molecule has 5 heteroatoms. The number of methoxy groups -OCH3 is 1. The van der Waals surface area contributed by atoms with E-state index in [2.05, 4.69) is 15.2 Å². The highest BCUT2D eigenvalue weighted by atomic mass is 16.5. The Labute approximate surface area is 142 Å². The zero-order valence-electron chi connectivity index (χ0n) is 14.2. The lowest BCUT2D eigenvalue weighted by atomic mass is 10.1. The van der Waals surface area contributed by atoms with Crippen molar-refractivity contribution < 1.29 is 9.53 Å². The highest BCUT2D eigenvalue weighted by molar-refractivity contribution is 5.96. The first kappa shape index (κ1) is 16.5. The van der Waals surface area contributed by atoms with Crippen LogP contribution in [-0.2, 0) is 11.3 Å². The molecule has 0 spiro atoms. The molecule has 1 aliphatic rings. The number of aromatic nitrogens is 1. The van der Waals surface area contributed by atoms with Crippen LogP contribution in [0.2, 0.25) is 0 Å². The van der Waals surface area contributed by atoms with Gasteiger partial charge in [0.25, 0.3) is 0 Å². The Morgan fingerprint density at radius 2 is 2.25 bits per heavy atom. The molecule has 1 aromatic carbocycles. The molecule has 1 aromatic heterocycles. The van der Waals surface area contributed by atoms with Crippen molar-refractivity contribution in [3.8, 4) is 5.75 Å². The molecule has 5 nitrogen and oxygen atoms in total. The van der Waals surface area contributed by atoms with Gasteiger partial charge in [-0.25, -0.2) is 0 Å². The predicted octanol–water partition coefficient (Wildman–Crippen LogP) is 3.00. The van der Waals surface area contributed by atoms with Crippen LogP contribution in [0.15, 0.2) is 42.6 Å². The highest BCUT2D eigenvalue weighted by Crippen LogP contribution is 2.27. The van der Waals surface area contributed by atoms with E-state index >= 15 is 0 Å². The molecule has 3 rings (SSSR count). The quantitative estimate of drug-likeness (QED) is 0.918. The molecule has 0 aliphatic carbocycles. The first-order valence-electron chi connectivity index (χ1n) is 8.27. The van der Waals surface area contributed by atoms with E-state index in [0.717, 1.165) is 36.3 Å². The average molecular weight is 325 g/mol. The average Bonchev–Trinajstić information content (AvgIpc) is 3.04. The molecular formula is C19H23N3O2. The third-order valence-electron chi connectivity index (χ3n) is 4.37. The van der Waals surface area contributed by atoms with Gasteiger partial charge in [-0.05, 0) is 56.1 Å². The summed E-state index contributed by atoms with van der Waals surface area (Å²) in [7, 11) is 1.61. The molecule has 24 heavy (non-hydrogen) atoms. The van der Waals surface area contributed by atoms with E-state index in [4.69, 9.17) is 4.74 Å². The van der Waals surface area contributed by atoms with Gasteiger partial charge in [0.15, 0.2) is 0 Å². The third kappa shape index (κ3) is 3.74. The number of carbonyl (C=O) groups is 1. The van der Waals surface area contributed by atoms with Gasteiger partial charge in [0.1, 0.15) is 5.75 Å². The van der Waals surface area contributed by atoms with Gasteiger partial charge in [-0.1, -0.05) is 12.1 Å². The second kappa shape index (κ2) is 7.45. The Morgan fingerprint density at radius 1 is 1.38 bits per heavy atom. The van der Waals surface area contributed by atoms with Gasteiger partial charge >= 0.3 is 0 Å². The maximum absolute atomic E-state index is 12.8. The van der Waals surface area contributed by atoms with Crippen LogP contribution in [0.4, 0.5) is 5.69 Å². The maximum atomic E-state index is 12.8. The summed E-state index contributed by atoms with van der Waals surface area (Å²) < 4.78 is 5.35. The summed E-state index contributed by atoms with van der Waals surface area (Å²) in [6.45, 7) is 3.61. The summed E-state index contributed by atoms with van der Waals surface area (Å²) in [6.07, 6.45) is 3.68. The molecule has 1 fully saturated rings. The van der Waals surface area contributed by atoms with E-state index in [-0.39, 0.29) is 11.9 Å². The van der Waals surface area contributed by atoms with Crippen molar-refractivity contribution in [2.75, 3.05) is 19.0 Å². The molecule has 1 aliphatic heterocycles. The number of pyridine rings is 1. The molecule has 2 heterocycles. The molecular weight excluding hydrogens is 302 g/mol. The van der Waals surface area contributed by atoms with Crippen molar-refractivity contribution in [3.63, 3.8) is 0 Å². The van der Waals surface area contributed by atoms with Crippen molar-refractivity contribution in [1.82, 2.24) is 9.88 Å². The number of carbonyl (C=O) groups excluding carboxylic acids is 1. The molecule has 1 N–H and O–H groups in total. The molecule has 0 saturated carbocycles. The molecule has 1 saturated heterocycles. The van der Waals surface area contributed by atoms with E-state index in [1.165, 1.54) is 0 Å². The number of hydrogen-bond acceptors (Lipinski definition) is 4. The molecule has 0 bridgehead atoms. The van der Waals surface area contributed by atoms with E-state index in [9.17, 15) is 4.79 Å². The smallest absolute Gasteiger partial charge is 0.241 e. The van der Waals surface area contributed by atoms with Crippen LogP contribution in [0.25, 0.3) is 0 Å². The van der Waals surface area contributed by atoms with Gasteiger partial charge in [0.2, 0.25) is 5.91 Å². The van der Waals surface area contributed by atoms with Crippen LogP contribution in [0.3, 0.4) is 0 Å². The van der Waals surface area contributed by atoms with Crippen LogP contribution in [0.5, 0.6) is 5.75 Å². The van der Waals surface area contributed by atoms with Gasteiger partial charge in [-0.15, -0.1) is 0 Å². The molecule has 126 valence electrons. The van der Waals surface area contributed by atoms with E-state index in [1.807, 2.05) is 43.3 Å². The molecule has 0 unspecified atom stereocenters. The van der Waals surface area contributed by atoms with E-state index in [1.54, 1.807) is 13.3 Å². The monoisotopic (exact) mass is 325 g/mol. The Bertz CT molecular complexity index is 703. The van der Waals surface area contributed by atoms with Gasteiger partial charge < -0.3 is 10.1 Å². The fourth-order valence-electron chi connectivity index (χ4n) is 3.15. The van der Waals surface area contributed by atoms with Crippen molar-refractivity contribution in [1.29, 1.82) is 0 Å². The molecule has 2 aromatic rings. The van der Waals surface area contributed by atoms with Gasteiger partial charge in [-0.3, -0.25) is 14.7 Å². The van der Waals surface area contributed by atoms with Crippen molar-refractivity contribution in [2.24, 2.45) is 0 Å². The predicted molar refractivity (Wildman–Crippen MR) is 94.0 cm³/mol. The number of likely N-dealkylation sites (tertiary alicyclic amines) is 1. The lowest BCUT2D eigenvalue weighted by molar-refractivity contribution is -0.120. The minimum atomic E-state index is -0.128. The van der Waals surface area contributed by atoms with Crippen molar-refractivity contribution >= 4 is 11.6 Å². The number of hydrogen-bond donors (Lipinski definition) is 1. The summed E-state index contributed by atoms with van der Waals surface area (Å²) in [5, 5.41) is 3.03. The van der Waals surface area contributed by atoms with Crippen LogP contribution in [-0.4, -0.2) is 35.5 Å². The zero-order valence-corrected chi connectivity index (χ0v) is 14.2. The number of nitrogens with zero attached hydrogens (tertiary/aromatic N) is 2. The second-order valence-electron chi connectivity index (χ2n) is 6.14. The first-order valence-corrected chi connectivity index (χ1v) is 8.27. The number of anilines is 1.